The molecule has 3 fully saturated rings. The number of carbonyl (C=O) groups is 12. The Labute approximate surface area is 722 Å². The molecule has 676 valence electrons. The van der Waals surface area contributed by atoms with Crippen molar-refractivity contribution >= 4 is 118 Å². The monoisotopic (exact) mass is 1790 g/mol. The first kappa shape index (κ1) is 93.1. The minimum atomic E-state index is -5.40. The first-order valence-electron chi connectivity index (χ1n) is 39.2. The summed E-state index contributed by atoms with van der Waals surface area (Å²) >= 11 is 0. The van der Waals surface area contributed by atoms with E-state index in [0.717, 1.165) is 83.1 Å². The normalized spacial score (nSPS) is 22.4. The van der Waals surface area contributed by atoms with Crippen molar-refractivity contribution in [3.05, 3.63) is 149 Å². The van der Waals surface area contributed by atoms with Crippen LogP contribution in [0.15, 0.2) is 115 Å². The highest BCUT2D eigenvalue weighted by Gasteiger charge is 2.57. The predicted molar refractivity (Wildman–Crippen MR) is 428 cm³/mol. The van der Waals surface area contributed by atoms with Gasteiger partial charge in [0.05, 0.1) is 33.9 Å². The second kappa shape index (κ2) is 39.3. The topological polar surface area (TPSA) is 428 Å². The van der Waals surface area contributed by atoms with Gasteiger partial charge in [0, 0.05) is 127 Å². The van der Waals surface area contributed by atoms with Gasteiger partial charge in [-0.2, -0.15) is 26.3 Å². The summed E-state index contributed by atoms with van der Waals surface area (Å²) in [6.45, 7) is 10.5. The van der Waals surface area contributed by atoms with Gasteiger partial charge in [0.1, 0.15) is 55.4 Å². The number of hydrogen-bond donors (Lipinski definition) is 2. The maximum Gasteiger partial charge on any atom is 0.416 e. The van der Waals surface area contributed by atoms with Crippen LogP contribution in [0.5, 0.6) is 17.2 Å². The zero-order valence-electron chi connectivity index (χ0n) is 70.0. The molecule has 40 heteroatoms. The highest BCUT2D eigenvalue weighted by Crippen LogP contribution is 2.46. The lowest BCUT2D eigenvalue weighted by Crippen LogP contribution is -2.63. The van der Waals surface area contributed by atoms with E-state index in [4.69, 9.17) is 95.2 Å². The van der Waals surface area contributed by atoms with Crippen LogP contribution >= 0.6 is 0 Å². The third kappa shape index (κ3) is 22.6. The van der Waals surface area contributed by atoms with Crippen molar-refractivity contribution in [2.75, 3.05) is 19.8 Å². The largest absolute Gasteiger partial charge is 0.463 e. The minimum absolute atomic E-state index is 0.0400. The Hall–Kier alpha value is -14.0. The van der Waals surface area contributed by atoms with Gasteiger partial charge < -0.3 is 95.2 Å². The number of nitrogens with zero attached hydrogens (tertiary/aromatic N) is 2. The lowest BCUT2D eigenvalue weighted by atomic mass is 9.98. The molecule has 12 rings (SSSR count). The van der Waals surface area contributed by atoms with E-state index >= 15 is 26.3 Å². The van der Waals surface area contributed by atoms with Crippen LogP contribution in [-0.4, -0.2) is 204 Å². The average molecular weight is 1790 g/mol. The number of rotatable bonds is 25. The Morgan fingerprint density at radius 2 is 0.531 bits per heavy atom. The van der Waals surface area contributed by atoms with Crippen molar-refractivity contribution in [1.82, 2.24) is 19.9 Å². The molecule has 4 aromatic carbocycles. The van der Waals surface area contributed by atoms with Gasteiger partial charge in [-0.1, -0.05) is 36.4 Å². The Kier molecular flexibility index (Phi) is 28.6. The molecular weight excluding hydrogens is 1710 g/mol. The number of ether oxygens (including phenoxy) is 18. The quantitative estimate of drug-likeness (QED) is 0.0305. The average Bonchev–Trinajstić information content (AvgIpc) is 1.64. The molecule has 7 aromatic rings. The Balaban J connectivity index is 1.13. The number of esters is 12. The summed E-state index contributed by atoms with van der Waals surface area (Å²) in [7, 11) is 0. The van der Waals surface area contributed by atoms with Gasteiger partial charge in [-0.05, 0) is 125 Å². The van der Waals surface area contributed by atoms with Crippen molar-refractivity contribution in [3.63, 3.8) is 0 Å². The molecule has 34 nitrogen and oxygen atoms in total. The molecular formula is C88H82F6N4O30. The van der Waals surface area contributed by atoms with Crippen LogP contribution < -0.4 is 14.2 Å². The number of carbonyl (C=O) groups excluding carboxylic acids is 12. The molecule has 2 N–H and O–H groups in total. The SMILES string of the molecule is CC(=O)OC[C@H]1O[C@@H](Oc2cccc(-c3c4nc(c(-c5cccc(O[C@@H]6O[C@H](COC(C)=O)[C@@H](OC(C)=O)[C@H](OC(C)=O)[C@H]6OC(C)=O)c5)c5ccc([nH]5)c(-c5cc(C(F)(F)F)cc(C(F)(F)F)c5)c5nc(c(-c6cccc(O[C@@H]7O[C@H](COC(C)=O)[C@@H](OC(C)=O)[C@H](OC(C)=O)[C@H]7OC(C)=O)c6)c6ccc3[nH]6)C=C5)C=C4)c2)[C@H](OC(C)=O)[C@@H](OC(C)=O)[C@@H]1OC(C)=O. The number of fused-ring (bicyclic) bond motifs is 8. The molecule has 0 radical (unpaired) electrons. The number of hydrogen-bond acceptors (Lipinski definition) is 32. The van der Waals surface area contributed by atoms with Crippen molar-refractivity contribution in [1.29, 1.82) is 0 Å². The maximum atomic E-state index is 15.3. The van der Waals surface area contributed by atoms with E-state index in [-0.39, 0.29) is 107 Å². The molecule has 5 aliphatic heterocycles. The van der Waals surface area contributed by atoms with E-state index in [1.807, 2.05) is 0 Å². The van der Waals surface area contributed by atoms with Crippen LogP contribution in [0, 0.1) is 0 Å². The third-order valence-electron chi connectivity index (χ3n) is 19.6. The summed E-state index contributed by atoms with van der Waals surface area (Å²) in [5.41, 5.74) is -3.40. The van der Waals surface area contributed by atoms with Gasteiger partial charge in [0.15, 0.2) is 36.6 Å². The number of alkyl halides is 6. The second-order valence-corrected chi connectivity index (χ2v) is 29.4. The molecule has 128 heavy (non-hydrogen) atoms. The number of halogens is 6. The summed E-state index contributed by atoms with van der Waals surface area (Å²) < 4.78 is 197. The zero-order chi connectivity index (χ0) is 92.7. The van der Waals surface area contributed by atoms with E-state index in [1.165, 1.54) is 78.9 Å². The van der Waals surface area contributed by atoms with E-state index in [0.29, 0.717) is 12.1 Å². The minimum Gasteiger partial charge on any atom is -0.463 e. The molecule has 3 aromatic heterocycles. The molecule has 0 unspecified atom stereocenters. The number of H-pyrrole nitrogens is 2. The fraction of sp³-hybridized carbons (Fsp3) is 0.364. The van der Waals surface area contributed by atoms with Crippen LogP contribution in [0.3, 0.4) is 0 Å². The van der Waals surface area contributed by atoms with Crippen LogP contribution in [0.2, 0.25) is 0 Å². The van der Waals surface area contributed by atoms with E-state index in [1.54, 1.807) is 42.5 Å². The fourth-order valence-corrected chi connectivity index (χ4v) is 14.9. The molecule has 15 atom stereocenters. The number of aromatic amines is 2. The predicted octanol–water partition coefficient (Wildman–Crippen LogP) is 11.7. The highest BCUT2D eigenvalue weighted by atomic mass is 19.4. The number of nitrogens with one attached hydrogen (secondary N) is 2. The van der Waals surface area contributed by atoms with Crippen LogP contribution in [0.25, 0.3) is 90.9 Å². The van der Waals surface area contributed by atoms with Gasteiger partial charge in [-0.3, -0.25) is 57.5 Å². The van der Waals surface area contributed by atoms with Crippen molar-refractivity contribution in [3.8, 4) is 61.8 Å². The Morgan fingerprint density at radius 3 is 0.766 bits per heavy atom. The summed E-state index contributed by atoms with van der Waals surface area (Å²) in [6.07, 6.45) is -29.9. The third-order valence-corrected chi connectivity index (χ3v) is 19.6. The van der Waals surface area contributed by atoms with Crippen LogP contribution in [-0.2, 0) is 141 Å². The molecule has 8 bridgehead atoms. The van der Waals surface area contributed by atoms with E-state index in [2.05, 4.69) is 9.97 Å². The molecule has 8 heterocycles. The maximum absolute atomic E-state index is 15.3. The first-order chi connectivity index (χ1) is 60.5. The molecule has 0 spiro atoms. The van der Waals surface area contributed by atoms with Crippen molar-refractivity contribution in [2.45, 2.75) is 188 Å². The summed E-state index contributed by atoms with van der Waals surface area (Å²) in [5.74, 6) is -11.3. The van der Waals surface area contributed by atoms with E-state index < -0.39 is 213 Å². The summed E-state index contributed by atoms with van der Waals surface area (Å²) in [6, 6.07) is 24.8. The van der Waals surface area contributed by atoms with Crippen LogP contribution in [0.4, 0.5) is 26.3 Å². The van der Waals surface area contributed by atoms with E-state index in [9.17, 15) is 57.5 Å². The van der Waals surface area contributed by atoms with Gasteiger partial charge in [-0.25, -0.2) is 9.97 Å². The Bertz CT molecular complexity index is 5590. The summed E-state index contributed by atoms with van der Waals surface area (Å²) in [4.78, 5) is 170. The lowest BCUT2D eigenvalue weighted by molar-refractivity contribution is -0.288. The molecule has 0 saturated carbocycles. The molecule has 0 aliphatic carbocycles. The molecule has 3 saturated heterocycles. The Morgan fingerprint density at radius 1 is 0.297 bits per heavy atom. The van der Waals surface area contributed by atoms with Crippen molar-refractivity contribution in [2.24, 2.45) is 0 Å². The number of aromatic nitrogens is 4. The first-order valence-corrected chi connectivity index (χ1v) is 39.2. The van der Waals surface area contributed by atoms with Gasteiger partial charge in [-0.15, -0.1) is 0 Å². The molecule has 0 amide bonds. The summed E-state index contributed by atoms with van der Waals surface area (Å²) in [5, 5.41) is 0. The molecule has 5 aliphatic rings. The zero-order valence-corrected chi connectivity index (χ0v) is 70.0. The van der Waals surface area contributed by atoms with Crippen molar-refractivity contribution < 1.29 is 169 Å². The standard InChI is InChI=1S/C88H82F6N4O30/c1-39(99)111-36-68-75(114-42(4)102)78(117-45(7)105)81(120-48(10)108)84(126-68)123-57-19-13-16-51(32-57)71-60-22-24-62(95-60)72(52-17-14-20-58(33-52)124-85-82(121-49(11)109)79(118-46(8)106)76(115-43(5)103)69(127-85)37-112-40(2)100)64-26-28-66(97-64)74(54-30-55(87(89,90)91)35-56(31-54)88(92,93)94)67-29-27-65(98-67)73(63-25-23-61(71)96-63)53-18-15-21-59(34-53)125-86-83(122-50(12)110)80(119-47(9)107)77(116-44(6)104)70(128-86)38-113-41(3)101/h13-35,68-70,75-86,95,98H,36-38H2,1-12H3/t68-,69-,70-,75-,76-,77-,78+,79+,80+,81-,82-,83-,84-,85-,86-/m1/s1. The van der Waals surface area contributed by atoms with Gasteiger partial charge in [0.25, 0.3) is 0 Å². The lowest BCUT2D eigenvalue weighted by Gasteiger charge is -2.43. The highest BCUT2D eigenvalue weighted by molar-refractivity contribution is 6.00. The van der Waals surface area contributed by atoms with Crippen LogP contribution in [0.1, 0.15) is 117 Å². The van der Waals surface area contributed by atoms with Gasteiger partial charge in [0.2, 0.25) is 37.2 Å². The van der Waals surface area contributed by atoms with Gasteiger partial charge >= 0.3 is 84.0 Å². The fourth-order valence-electron chi connectivity index (χ4n) is 14.9. The smallest absolute Gasteiger partial charge is 0.416 e. The number of benzene rings is 4. The second-order valence-electron chi connectivity index (χ2n) is 29.4.